The normalized spacial score (nSPS) is 11.6. The summed E-state index contributed by atoms with van der Waals surface area (Å²) < 4.78 is 25.3. The van der Waals surface area contributed by atoms with Crippen LogP contribution in [-0.4, -0.2) is 14.2 Å². The molecule has 3 nitrogen and oxygen atoms in total. The Kier molecular flexibility index (Phi) is 2.83. The van der Waals surface area contributed by atoms with Gasteiger partial charge in [0.25, 0.3) is 0 Å². The van der Waals surface area contributed by atoms with E-state index in [0.29, 0.717) is 5.69 Å². The minimum atomic E-state index is -3.19. The maximum atomic E-state index is 11.4. The number of hydrogen-bond acceptors (Lipinski definition) is 2. The van der Waals surface area contributed by atoms with Gasteiger partial charge in [-0.3, -0.25) is 4.72 Å². The Balaban J connectivity index is 2.40. The van der Waals surface area contributed by atoms with Crippen LogP contribution in [0, 0.1) is 0 Å². The van der Waals surface area contributed by atoms with Crippen molar-refractivity contribution in [2.45, 2.75) is 6.92 Å². The molecule has 2 aromatic carbocycles. The van der Waals surface area contributed by atoms with Crippen LogP contribution in [-0.2, 0) is 10.0 Å². The lowest BCUT2D eigenvalue weighted by atomic mass is 10.1. The Morgan fingerprint density at radius 3 is 2.44 bits per heavy atom. The van der Waals surface area contributed by atoms with Gasteiger partial charge in [0.15, 0.2) is 0 Å². The highest BCUT2D eigenvalue weighted by atomic mass is 32.2. The summed E-state index contributed by atoms with van der Waals surface area (Å²) in [6.07, 6.45) is 0. The fourth-order valence-electron chi connectivity index (χ4n) is 1.50. The number of benzene rings is 2. The van der Waals surface area contributed by atoms with Crippen molar-refractivity contribution >= 4 is 26.5 Å². The molecule has 0 saturated carbocycles. The smallest absolute Gasteiger partial charge is 0.232 e. The minimum absolute atomic E-state index is 0.0832. The van der Waals surface area contributed by atoms with Crippen molar-refractivity contribution in [1.29, 1.82) is 0 Å². The molecule has 84 valence electrons. The van der Waals surface area contributed by atoms with E-state index < -0.39 is 10.0 Å². The van der Waals surface area contributed by atoms with Gasteiger partial charge in [0.1, 0.15) is 0 Å². The van der Waals surface area contributed by atoms with Gasteiger partial charge in [-0.25, -0.2) is 8.42 Å². The number of anilines is 1. The monoisotopic (exact) mass is 235 g/mol. The molecule has 0 heterocycles. The van der Waals surface area contributed by atoms with Crippen molar-refractivity contribution in [3.63, 3.8) is 0 Å². The zero-order valence-corrected chi connectivity index (χ0v) is 9.79. The maximum absolute atomic E-state index is 11.4. The number of sulfonamides is 1. The van der Waals surface area contributed by atoms with Crippen molar-refractivity contribution in [1.82, 2.24) is 0 Å². The molecule has 2 rings (SSSR count). The van der Waals surface area contributed by atoms with Crippen LogP contribution in [0.5, 0.6) is 0 Å². The van der Waals surface area contributed by atoms with Crippen LogP contribution < -0.4 is 4.72 Å². The lowest BCUT2D eigenvalue weighted by Crippen LogP contribution is -2.14. The first-order valence-corrected chi connectivity index (χ1v) is 6.75. The van der Waals surface area contributed by atoms with E-state index in [4.69, 9.17) is 0 Å². The minimum Gasteiger partial charge on any atom is -0.284 e. The Morgan fingerprint density at radius 2 is 1.75 bits per heavy atom. The van der Waals surface area contributed by atoms with Gasteiger partial charge >= 0.3 is 0 Å². The summed E-state index contributed by atoms with van der Waals surface area (Å²) in [4.78, 5) is 0. The summed E-state index contributed by atoms with van der Waals surface area (Å²) in [6.45, 7) is 1.61. The first kappa shape index (κ1) is 11.0. The van der Waals surface area contributed by atoms with E-state index in [1.54, 1.807) is 13.0 Å². The highest BCUT2D eigenvalue weighted by molar-refractivity contribution is 7.92. The predicted octanol–water partition coefficient (Wildman–Crippen LogP) is 2.60. The van der Waals surface area contributed by atoms with Crippen molar-refractivity contribution in [2.75, 3.05) is 10.5 Å². The topological polar surface area (TPSA) is 46.2 Å². The second-order valence-corrected chi connectivity index (χ2v) is 5.58. The molecule has 1 N–H and O–H groups in total. The van der Waals surface area contributed by atoms with Crippen LogP contribution in [0.15, 0.2) is 42.5 Å². The van der Waals surface area contributed by atoms with Crippen molar-refractivity contribution in [3.8, 4) is 0 Å². The van der Waals surface area contributed by atoms with Gasteiger partial charge in [0.05, 0.1) is 5.75 Å². The summed E-state index contributed by atoms with van der Waals surface area (Å²) in [5.41, 5.74) is 0.612. The summed E-state index contributed by atoms with van der Waals surface area (Å²) >= 11 is 0. The lowest BCUT2D eigenvalue weighted by Gasteiger charge is -2.06. The third kappa shape index (κ3) is 2.33. The van der Waals surface area contributed by atoms with Gasteiger partial charge in [-0.15, -0.1) is 0 Å². The Hall–Kier alpha value is -1.55. The van der Waals surface area contributed by atoms with E-state index in [9.17, 15) is 8.42 Å². The van der Waals surface area contributed by atoms with Crippen LogP contribution in [0.2, 0.25) is 0 Å². The molecular formula is C12H13NO2S. The molecule has 0 saturated heterocycles. The zero-order chi connectivity index (χ0) is 11.6. The predicted molar refractivity (Wildman–Crippen MR) is 67.0 cm³/mol. The molecule has 0 amide bonds. The van der Waals surface area contributed by atoms with Gasteiger partial charge in [-0.2, -0.15) is 0 Å². The van der Waals surface area contributed by atoms with Crippen LogP contribution in [0.1, 0.15) is 6.92 Å². The molecule has 16 heavy (non-hydrogen) atoms. The molecule has 0 unspecified atom stereocenters. The average Bonchev–Trinajstić information content (AvgIpc) is 2.28. The van der Waals surface area contributed by atoms with Gasteiger partial charge in [0, 0.05) is 5.69 Å². The number of fused-ring (bicyclic) bond motifs is 1. The van der Waals surface area contributed by atoms with Gasteiger partial charge in [0.2, 0.25) is 10.0 Å². The molecule has 0 radical (unpaired) electrons. The van der Waals surface area contributed by atoms with Gasteiger partial charge in [-0.1, -0.05) is 30.3 Å². The highest BCUT2D eigenvalue weighted by Crippen LogP contribution is 2.19. The van der Waals surface area contributed by atoms with Gasteiger partial charge < -0.3 is 0 Å². The van der Waals surface area contributed by atoms with Crippen molar-refractivity contribution in [3.05, 3.63) is 42.5 Å². The second-order valence-electron chi connectivity index (χ2n) is 3.57. The van der Waals surface area contributed by atoms with Crippen LogP contribution >= 0.6 is 0 Å². The lowest BCUT2D eigenvalue weighted by molar-refractivity contribution is 0.602. The van der Waals surface area contributed by atoms with Crippen LogP contribution in [0.4, 0.5) is 5.69 Å². The van der Waals surface area contributed by atoms with Crippen LogP contribution in [0.3, 0.4) is 0 Å². The molecule has 0 bridgehead atoms. The third-order valence-corrected chi connectivity index (χ3v) is 3.71. The summed E-state index contributed by atoms with van der Waals surface area (Å²) in [5.74, 6) is 0.0832. The Morgan fingerprint density at radius 1 is 1.06 bits per heavy atom. The molecule has 0 fully saturated rings. The molecule has 4 heteroatoms. The SMILES string of the molecule is CCS(=O)(=O)Nc1ccc2ccccc2c1. The average molecular weight is 235 g/mol. The largest absolute Gasteiger partial charge is 0.284 e. The number of nitrogens with one attached hydrogen (secondary N) is 1. The van der Waals surface area contributed by atoms with E-state index in [0.717, 1.165) is 10.8 Å². The number of hydrogen-bond donors (Lipinski definition) is 1. The summed E-state index contributed by atoms with van der Waals surface area (Å²) in [6, 6.07) is 13.4. The van der Waals surface area contributed by atoms with Crippen molar-refractivity contribution in [2.24, 2.45) is 0 Å². The van der Waals surface area contributed by atoms with E-state index in [-0.39, 0.29) is 5.75 Å². The first-order chi connectivity index (χ1) is 7.61. The Labute approximate surface area is 95.2 Å². The second kappa shape index (κ2) is 4.14. The fraction of sp³-hybridized carbons (Fsp3) is 0.167. The zero-order valence-electron chi connectivity index (χ0n) is 8.97. The molecule has 0 aliphatic rings. The molecule has 0 aliphatic carbocycles. The molecule has 0 atom stereocenters. The highest BCUT2D eigenvalue weighted by Gasteiger charge is 2.06. The number of rotatable bonds is 3. The summed E-state index contributed by atoms with van der Waals surface area (Å²) in [5, 5.41) is 2.13. The Bertz CT molecular complexity index is 605. The molecule has 0 aliphatic heterocycles. The van der Waals surface area contributed by atoms with E-state index in [1.165, 1.54) is 0 Å². The molecule has 0 aromatic heterocycles. The molecule has 0 spiro atoms. The van der Waals surface area contributed by atoms with Gasteiger partial charge in [-0.05, 0) is 29.8 Å². The maximum Gasteiger partial charge on any atom is 0.232 e. The standard InChI is InChI=1S/C12H13NO2S/c1-2-16(14,15)13-12-8-7-10-5-3-4-6-11(10)9-12/h3-9,13H,2H2,1H3. The van der Waals surface area contributed by atoms with E-state index in [1.807, 2.05) is 36.4 Å². The third-order valence-electron chi connectivity index (χ3n) is 2.40. The van der Waals surface area contributed by atoms with E-state index >= 15 is 0 Å². The van der Waals surface area contributed by atoms with Crippen LogP contribution in [0.25, 0.3) is 10.8 Å². The molecular weight excluding hydrogens is 222 g/mol. The van der Waals surface area contributed by atoms with E-state index in [2.05, 4.69) is 4.72 Å². The summed E-state index contributed by atoms with van der Waals surface area (Å²) in [7, 11) is -3.19. The first-order valence-electron chi connectivity index (χ1n) is 5.10. The van der Waals surface area contributed by atoms with Crippen molar-refractivity contribution < 1.29 is 8.42 Å². The fourth-order valence-corrected chi connectivity index (χ4v) is 2.13. The quantitative estimate of drug-likeness (QED) is 0.888. The molecule has 2 aromatic rings.